The molecule has 2 aliphatic heterocycles. The van der Waals surface area contributed by atoms with Crippen LogP contribution < -0.4 is 17.0 Å². The Hall–Kier alpha value is -3.15. The van der Waals surface area contributed by atoms with Crippen molar-refractivity contribution in [3.05, 3.63) is 23.0 Å². The van der Waals surface area contributed by atoms with Crippen LogP contribution in [0.5, 0.6) is 0 Å². The molecule has 2 unspecified atom stereocenters. The van der Waals surface area contributed by atoms with Gasteiger partial charge in [-0.3, -0.25) is 23.4 Å². The van der Waals surface area contributed by atoms with E-state index in [0.717, 1.165) is 15.6 Å². The number of nitrogens with zero attached hydrogens (tertiary/aromatic N) is 8. The lowest BCUT2D eigenvalue weighted by Crippen LogP contribution is -2.33. The first-order valence-corrected chi connectivity index (χ1v) is 16.6. The lowest BCUT2D eigenvalue weighted by molar-refractivity contribution is -0.0624. The van der Waals surface area contributed by atoms with Crippen molar-refractivity contribution in [2.45, 2.75) is 49.2 Å². The quantitative estimate of drug-likeness (QED) is 0.101. The van der Waals surface area contributed by atoms with E-state index in [-0.39, 0.29) is 34.1 Å². The number of rotatable bonds is 10. The Balaban J connectivity index is 1.20. The number of aromatic amines is 1. The highest BCUT2D eigenvalue weighted by Crippen LogP contribution is 2.50. The number of alkyl halides is 2. The summed E-state index contributed by atoms with van der Waals surface area (Å²) in [4.78, 5) is 50.0. The van der Waals surface area contributed by atoms with Crippen LogP contribution >= 0.6 is 15.0 Å². The normalized spacial score (nSPS) is 30.7. The number of hydrogen-bond acceptors (Lipinski definition) is 17. The van der Waals surface area contributed by atoms with Crippen molar-refractivity contribution in [1.29, 1.82) is 0 Å². The maximum atomic E-state index is 15.6. The summed E-state index contributed by atoms with van der Waals surface area (Å²) < 4.78 is 71.9. The van der Waals surface area contributed by atoms with Crippen LogP contribution in [0.3, 0.4) is 0 Å². The van der Waals surface area contributed by atoms with Crippen LogP contribution in [0.15, 0.2) is 17.4 Å². The van der Waals surface area contributed by atoms with Gasteiger partial charge in [0.1, 0.15) is 36.3 Å². The summed E-state index contributed by atoms with van der Waals surface area (Å²) in [5, 5.41) is 17.9. The van der Waals surface area contributed by atoms with Crippen molar-refractivity contribution in [1.82, 2.24) is 44.5 Å². The van der Waals surface area contributed by atoms with Gasteiger partial charge in [0.25, 0.3) is 5.56 Å². The Kier molecular flexibility index (Phi) is 8.64. The molecule has 0 aromatic carbocycles. The zero-order valence-corrected chi connectivity index (χ0v) is 24.9. The molecular weight excluding hydrogens is 674 g/mol. The van der Waals surface area contributed by atoms with Gasteiger partial charge in [-0.05, 0) is 11.8 Å². The second-order valence-corrected chi connectivity index (χ2v) is 12.9. The molecule has 0 radical (unpaired) electrons. The Morgan fingerprint density at radius 1 is 1.11 bits per heavy atom. The van der Waals surface area contributed by atoms with E-state index in [0.29, 0.717) is 0 Å². The van der Waals surface area contributed by atoms with E-state index in [1.165, 1.54) is 6.33 Å². The number of aliphatic hydroxyl groups excluding tert-OH is 1. The molecule has 0 aliphatic carbocycles. The maximum absolute atomic E-state index is 15.6. The Morgan fingerprint density at radius 3 is 2.62 bits per heavy atom. The molecule has 26 heteroatoms. The third kappa shape index (κ3) is 6.06. The van der Waals surface area contributed by atoms with Crippen molar-refractivity contribution in [2.75, 3.05) is 24.7 Å². The highest BCUT2D eigenvalue weighted by atomic mass is 32.4. The molecular formula is C19H23F2N11O10P2S. The molecule has 4 aromatic heterocycles. The Labute approximate surface area is 253 Å². The number of phosphoric ester groups is 1. The monoisotopic (exact) mass is 697 g/mol. The molecule has 6 rings (SSSR count). The molecule has 6 heterocycles. The van der Waals surface area contributed by atoms with Crippen molar-refractivity contribution in [3.8, 4) is 0 Å². The van der Waals surface area contributed by atoms with Gasteiger partial charge in [0, 0.05) is 0 Å². The molecule has 0 bridgehead atoms. The molecule has 45 heavy (non-hydrogen) atoms. The van der Waals surface area contributed by atoms with E-state index in [1.54, 1.807) is 0 Å². The molecule has 0 saturated carbocycles. The van der Waals surface area contributed by atoms with Crippen LogP contribution in [0.1, 0.15) is 12.5 Å². The van der Waals surface area contributed by atoms with Crippen molar-refractivity contribution in [3.63, 3.8) is 0 Å². The Bertz CT molecular complexity index is 1870. The minimum absolute atomic E-state index is 0.0203. The fraction of sp³-hybridized carbons (Fsp3) is 0.526. The minimum atomic E-state index is -5.26. The van der Waals surface area contributed by atoms with Crippen LogP contribution in [-0.4, -0.2) is 109 Å². The lowest BCUT2D eigenvalue weighted by Gasteiger charge is -2.23. The first kappa shape index (κ1) is 31.8. The predicted molar refractivity (Wildman–Crippen MR) is 148 cm³/mol. The van der Waals surface area contributed by atoms with Gasteiger partial charge >= 0.3 is 7.82 Å². The molecule has 10 atom stereocenters. The molecule has 8 N–H and O–H groups in total. The summed E-state index contributed by atoms with van der Waals surface area (Å²) in [6.07, 6.45) is -12.1. The smallest absolute Gasteiger partial charge is 0.387 e. The molecule has 0 spiro atoms. The van der Waals surface area contributed by atoms with Gasteiger partial charge in [0.15, 0.2) is 54.6 Å². The summed E-state index contributed by atoms with van der Waals surface area (Å²) in [6, 6.07) is 0. The van der Waals surface area contributed by atoms with Crippen LogP contribution in [-0.2, 0) is 39.4 Å². The molecule has 21 nitrogen and oxygen atoms in total. The number of aromatic nitrogens is 9. The third-order valence-corrected chi connectivity index (χ3v) is 8.59. The van der Waals surface area contributed by atoms with Crippen LogP contribution in [0.2, 0.25) is 0 Å². The van der Waals surface area contributed by atoms with E-state index < -0.39 is 83.0 Å². The van der Waals surface area contributed by atoms with E-state index in [1.807, 2.05) is 0 Å². The number of aliphatic hydroxyl groups is 1. The average Bonchev–Trinajstić information content (AvgIpc) is 3.73. The van der Waals surface area contributed by atoms with Crippen LogP contribution in [0.25, 0.3) is 22.3 Å². The second kappa shape index (κ2) is 12.2. The van der Waals surface area contributed by atoms with Crippen LogP contribution in [0, 0.1) is 0 Å². The number of nitrogens with one attached hydrogen (secondary N) is 1. The van der Waals surface area contributed by atoms with Gasteiger partial charge in [0.05, 0.1) is 19.5 Å². The van der Waals surface area contributed by atoms with E-state index >= 15 is 8.78 Å². The zero-order chi connectivity index (χ0) is 32.2. The summed E-state index contributed by atoms with van der Waals surface area (Å²) in [5.74, 6) is -0.330. The number of anilines is 2. The number of nitrogens with two attached hydrogens (primary N) is 2. The largest absolute Gasteiger partial charge is 0.472 e. The minimum Gasteiger partial charge on any atom is -0.387 e. The molecule has 2 fully saturated rings. The SMILES string of the molecule is Nc1nc2c(nnn2[C@@H]2O[C@H](CO[PH](O)=S)[C@H](F)[C@H]2OP(=O)(O)OC[C@H]2O[C@@H](n3cnc4c(N)ncnc43)[C@@H](F)[C@@H]2O)c(=O)[nH]1. The van der Waals surface area contributed by atoms with Crippen molar-refractivity contribution >= 4 is 60.9 Å². The first-order valence-electron chi connectivity index (χ1n) is 12.7. The maximum Gasteiger partial charge on any atom is 0.472 e. The number of imidazole rings is 1. The van der Waals surface area contributed by atoms with Crippen molar-refractivity contribution in [2.24, 2.45) is 0 Å². The highest BCUT2D eigenvalue weighted by Gasteiger charge is 2.52. The number of H-pyrrole nitrogens is 1. The lowest BCUT2D eigenvalue weighted by atomic mass is 10.1. The number of ether oxygens (including phenoxy) is 2. The summed E-state index contributed by atoms with van der Waals surface area (Å²) in [7, 11) is -7.96. The molecule has 0 amide bonds. The van der Waals surface area contributed by atoms with E-state index in [9.17, 15) is 24.3 Å². The molecule has 4 aromatic rings. The van der Waals surface area contributed by atoms with Gasteiger partial charge in [-0.25, -0.2) is 28.3 Å². The first-order chi connectivity index (χ1) is 21.3. The summed E-state index contributed by atoms with van der Waals surface area (Å²) >= 11 is 4.59. The number of nitrogen functional groups attached to an aromatic ring is 2. The molecule has 2 aliphatic rings. The third-order valence-electron chi connectivity index (χ3n) is 6.84. The van der Waals surface area contributed by atoms with Gasteiger partial charge < -0.3 is 40.4 Å². The summed E-state index contributed by atoms with van der Waals surface area (Å²) in [5.41, 5.74) is 10.2. The fourth-order valence-corrected chi connectivity index (χ4v) is 6.23. The van der Waals surface area contributed by atoms with Gasteiger partial charge in [-0.1, -0.05) is 5.21 Å². The number of phosphoric acid groups is 1. The van der Waals surface area contributed by atoms with E-state index in [4.69, 9.17) is 34.5 Å². The fourth-order valence-electron chi connectivity index (χ4n) is 4.79. The molecule has 244 valence electrons. The highest BCUT2D eigenvalue weighted by molar-refractivity contribution is 8.00. The average molecular weight is 697 g/mol. The van der Waals surface area contributed by atoms with Crippen molar-refractivity contribution < 1.29 is 51.3 Å². The predicted octanol–water partition coefficient (Wildman–Crippen LogP) is -1.63. The van der Waals surface area contributed by atoms with Gasteiger partial charge in [-0.15, -0.1) is 5.10 Å². The topological polar surface area (TPSA) is 296 Å². The standard InChI is InChI=1S/C19H23F2N11O10P2S/c20-7-5(1-38-43(35)45)40-18(32-15-10(29-30-32)16(34)28-19(23)27-15)12(7)42-44(36,37)39-2-6-11(33)8(21)17(41-6)31-4-26-9-13(22)24-3-25-14(9)31/h3-8,11-12,17-18,33,43H,1-2H2,(H,35,45)(H,36,37)(H2,22,24,25)(H3,23,27,28,34)/t5-,6-,7+,8+,11-,12-,17-,18-/m1/s1. The zero-order valence-electron chi connectivity index (χ0n) is 22.2. The van der Waals surface area contributed by atoms with E-state index in [2.05, 4.69) is 47.0 Å². The Morgan fingerprint density at radius 2 is 1.87 bits per heavy atom. The summed E-state index contributed by atoms with van der Waals surface area (Å²) in [6.45, 7) is -1.49. The van der Waals surface area contributed by atoms with Gasteiger partial charge in [0.2, 0.25) is 5.95 Å². The number of halogens is 2. The molecule has 2 saturated heterocycles. The number of hydrogen-bond donors (Lipinski definition) is 6. The second-order valence-electron chi connectivity index (χ2n) is 9.66. The van der Waals surface area contributed by atoms with Gasteiger partial charge in [-0.2, -0.15) is 9.67 Å². The van der Waals surface area contributed by atoms with Crippen LogP contribution in [0.4, 0.5) is 20.5 Å². The number of fused-ring (bicyclic) bond motifs is 2.